The zero-order valence-corrected chi connectivity index (χ0v) is 14.2. The smallest absolute Gasteiger partial charge is 0.119 e. The second kappa shape index (κ2) is 19.1. The van der Waals surface area contributed by atoms with Crippen molar-refractivity contribution >= 4 is 6.29 Å². The van der Waals surface area contributed by atoms with E-state index in [9.17, 15) is 4.79 Å². The number of hydrogen-bond acceptors (Lipinski definition) is 1. The molecule has 0 aromatic carbocycles. The van der Waals surface area contributed by atoms with Crippen molar-refractivity contribution in [3.8, 4) is 0 Å². The topological polar surface area (TPSA) is 17.1 Å². The van der Waals surface area contributed by atoms with Gasteiger partial charge in [-0.25, -0.2) is 0 Å². The van der Waals surface area contributed by atoms with Gasteiger partial charge in [0.1, 0.15) is 6.29 Å². The Balaban J connectivity index is 3.16. The van der Waals surface area contributed by atoms with Crippen LogP contribution in [0.3, 0.4) is 0 Å². The van der Waals surface area contributed by atoms with E-state index in [1.54, 1.807) is 0 Å². The van der Waals surface area contributed by atoms with Crippen molar-refractivity contribution in [2.24, 2.45) is 0 Å². The van der Waals surface area contributed by atoms with Crippen molar-refractivity contribution in [2.75, 3.05) is 0 Å². The minimum atomic E-state index is 0.735. The van der Waals surface area contributed by atoms with Crippen molar-refractivity contribution in [3.05, 3.63) is 24.3 Å². The lowest BCUT2D eigenvalue weighted by molar-refractivity contribution is -0.107. The Morgan fingerprint density at radius 1 is 0.571 bits per heavy atom. The molecule has 0 aliphatic carbocycles. The van der Waals surface area contributed by atoms with Gasteiger partial charge in [0.2, 0.25) is 0 Å². The third-order valence-corrected chi connectivity index (χ3v) is 3.77. The van der Waals surface area contributed by atoms with Crippen LogP contribution in [0, 0.1) is 0 Å². The van der Waals surface area contributed by atoms with Gasteiger partial charge in [-0.2, -0.15) is 0 Å². The number of carbonyl (C=O) groups excluding carboxylic acids is 1. The fraction of sp³-hybridized carbons (Fsp3) is 0.750. The van der Waals surface area contributed by atoms with E-state index < -0.39 is 0 Å². The quantitative estimate of drug-likeness (QED) is 0.174. The molecule has 1 nitrogen and oxygen atoms in total. The first-order valence-electron chi connectivity index (χ1n) is 9.15. The minimum absolute atomic E-state index is 0.735. The van der Waals surface area contributed by atoms with Crippen LogP contribution in [-0.4, -0.2) is 6.29 Å². The number of aldehydes is 1. The van der Waals surface area contributed by atoms with E-state index >= 15 is 0 Å². The maximum Gasteiger partial charge on any atom is 0.119 e. The predicted molar refractivity (Wildman–Crippen MR) is 94.7 cm³/mol. The lowest BCUT2D eigenvalue weighted by Gasteiger charge is -1.97. The molecule has 0 aliphatic rings. The van der Waals surface area contributed by atoms with Crippen molar-refractivity contribution in [1.82, 2.24) is 0 Å². The van der Waals surface area contributed by atoms with Gasteiger partial charge in [0.15, 0.2) is 0 Å². The summed E-state index contributed by atoms with van der Waals surface area (Å²) in [5.74, 6) is 0. The van der Waals surface area contributed by atoms with Crippen LogP contribution in [0.25, 0.3) is 0 Å². The van der Waals surface area contributed by atoms with Crippen molar-refractivity contribution in [1.29, 1.82) is 0 Å². The van der Waals surface area contributed by atoms with Crippen molar-refractivity contribution < 1.29 is 4.79 Å². The predicted octanol–water partition coefficient (Wildman–Crippen LogP) is 6.78. The van der Waals surface area contributed by atoms with Crippen LogP contribution in [0.4, 0.5) is 0 Å². The van der Waals surface area contributed by atoms with Crippen LogP contribution in [-0.2, 0) is 4.79 Å². The fourth-order valence-corrected chi connectivity index (χ4v) is 2.39. The normalized spacial score (nSPS) is 11.7. The van der Waals surface area contributed by atoms with E-state index in [-0.39, 0.29) is 0 Å². The third-order valence-electron chi connectivity index (χ3n) is 3.77. The van der Waals surface area contributed by atoms with Crippen LogP contribution in [0.1, 0.15) is 96.8 Å². The van der Waals surface area contributed by atoms with Crippen molar-refractivity contribution in [3.63, 3.8) is 0 Å². The van der Waals surface area contributed by atoms with E-state index in [2.05, 4.69) is 31.2 Å². The van der Waals surface area contributed by atoms with Gasteiger partial charge in [-0.3, -0.25) is 0 Å². The Morgan fingerprint density at radius 2 is 1.05 bits per heavy atom. The van der Waals surface area contributed by atoms with Crippen LogP contribution < -0.4 is 0 Å². The highest BCUT2D eigenvalue weighted by Crippen LogP contribution is 2.08. The highest BCUT2D eigenvalue weighted by molar-refractivity contribution is 5.48. The van der Waals surface area contributed by atoms with E-state index in [4.69, 9.17) is 0 Å². The van der Waals surface area contributed by atoms with E-state index in [1.165, 1.54) is 70.6 Å². The van der Waals surface area contributed by atoms with Gasteiger partial charge >= 0.3 is 0 Å². The number of rotatable bonds is 16. The van der Waals surface area contributed by atoms with Crippen LogP contribution in [0.15, 0.2) is 24.3 Å². The van der Waals surface area contributed by atoms with Gasteiger partial charge in [0.05, 0.1) is 0 Å². The molecule has 122 valence electrons. The molecule has 0 bridgehead atoms. The SMILES string of the molecule is CCCCCCCCC=CCC=CCCCCCCC=O. The van der Waals surface area contributed by atoms with Crippen LogP contribution >= 0.6 is 0 Å². The molecule has 0 rings (SSSR count). The summed E-state index contributed by atoms with van der Waals surface area (Å²) >= 11 is 0. The molecule has 0 heterocycles. The summed E-state index contributed by atoms with van der Waals surface area (Å²) in [6.45, 7) is 2.27. The molecule has 1 heteroatoms. The highest BCUT2D eigenvalue weighted by atomic mass is 16.1. The van der Waals surface area contributed by atoms with E-state index in [1.807, 2.05) is 0 Å². The molecule has 21 heavy (non-hydrogen) atoms. The molecule has 0 aliphatic heterocycles. The Kier molecular flexibility index (Phi) is 18.4. The first kappa shape index (κ1) is 20.1. The summed E-state index contributed by atoms with van der Waals surface area (Å²) in [6.07, 6.45) is 27.6. The summed E-state index contributed by atoms with van der Waals surface area (Å²) in [6, 6.07) is 0. The molecule has 0 N–H and O–H groups in total. The second-order valence-corrected chi connectivity index (χ2v) is 5.89. The Hall–Kier alpha value is -0.850. The summed E-state index contributed by atoms with van der Waals surface area (Å²) in [5.41, 5.74) is 0. The molecule has 0 amide bonds. The summed E-state index contributed by atoms with van der Waals surface area (Å²) < 4.78 is 0. The molecule has 0 fully saturated rings. The molecular weight excluding hydrogens is 256 g/mol. The average Bonchev–Trinajstić information content (AvgIpc) is 2.50. The Bertz CT molecular complexity index is 253. The van der Waals surface area contributed by atoms with Gasteiger partial charge in [0.25, 0.3) is 0 Å². The number of unbranched alkanes of at least 4 members (excludes halogenated alkanes) is 11. The Labute approximate surface area is 132 Å². The van der Waals surface area contributed by atoms with Gasteiger partial charge in [0, 0.05) is 6.42 Å². The monoisotopic (exact) mass is 292 g/mol. The fourth-order valence-electron chi connectivity index (χ4n) is 2.39. The van der Waals surface area contributed by atoms with Gasteiger partial charge < -0.3 is 4.79 Å². The maximum atomic E-state index is 10.1. The highest BCUT2D eigenvalue weighted by Gasteiger charge is 1.88. The van der Waals surface area contributed by atoms with E-state index in [0.29, 0.717) is 0 Å². The minimum Gasteiger partial charge on any atom is -0.303 e. The Morgan fingerprint density at radius 3 is 1.57 bits per heavy atom. The van der Waals surface area contributed by atoms with Crippen molar-refractivity contribution in [2.45, 2.75) is 96.8 Å². The largest absolute Gasteiger partial charge is 0.303 e. The molecular formula is C20H36O. The zero-order chi connectivity index (χ0) is 15.4. The summed E-state index contributed by atoms with van der Waals surface area (Å²) in [7, 11) is 0. The van der Waals surface area contributed by atoms with E-state index in [0.717, 1.165) is 25.5 Å². The lowest BCUT2D eigenvalue weighted by atomic mass is 10.1. The number of carbonyl (C=O) groups is 1. The summed E-state index contributed by atoms with van der Waals surface area (Å²) in [5, 5.41) is 0. The number of allylic oxidation sites excluding steroid dienone is 4. The molecule has 0 saturated carbocycles. The van der Waals surface area contributed by atoms with Gasteiger partial charge in [-0.05, 0) is 38.5 Å². The lowest BCUT2D eigenvalue weighted by Crippen LogP contribution is -1.79. The third kappa shape index (κ3) is 19.1. The van der Waals surface area contributed by atoms with Crippen LogP contribution in [0.5, 0.6) is 0 Å². The first-order valence-corrected chi connectivity index (χ1v) is 9.15. The van der Waals surface area contributed by atoms with Gasteiger partial charge in [-0.15, -0.1) is 0 Å². The van der Waals surface area contributed by atoms with Crippen LogP contribution in [0.2, 0.25) is 0 Å². The standard InChI is InChI=1S/C20H36O/c1-2-3-4-5-6-7-8-9-10-11-12-13-14-15-16-17-18-19-20-21/h9-10,12-13,20H,2-8,11,14-19H2,1H3. The molecule has 0 radical (unpaired) electrons. The van der Waals surface area contributed by atoms with Gasteiger partial charge in [-0.1, -0.05) is 76.2 Å². The molecule has 0 atom stereocenters. The first-order chi connectivity index (χ1) is 10.4. The molecule has 0 aromatic rings. The second-order valence-electron chi connectivity index (χ2n) is 5.89. The average molecular weight is 293 g/mol. The number of hydrogen-bond donors (Lipinski definition) is 0. The zero-order valence-electron chi connectivity index (χ0n) is 14.2. The summed E-state index contributed by atoms with van der Waals surface area (Å²) in [4.78, 5) is 10.1. The molecule has 0 unspecified atom stereocenters. The molecule has 0 saturated heterocycles. The maximum absolute atomic E-state index is 10.1. The molecule has 0 aromatic heterocycles. The molecule has 0 spiro atoms.